The minimum absolute atomic E-state index is 0.762. The van der Waals surface area contributed by atoms with Gasteiger partial charge in [0.25, 0.3) is 0 Å². The molecular weight excluding hydrogens is 276 g/mol. The summed E-state index contributed by atoms with van der Waals surface area (Å²) < 4.78 is 0. The first-order valence-electron chi connectivity index (χ1n) is 11.4. The molecule has 3 rings (SSSR count). The van der Waals surface area contributed by atoms with Gasteiger partial charge in [-0.15, -0.1) is 0 Å². The zero-order valence-corrected chi connectivity index (χ0v) is 16.0. The van der Waals surface area contributed by atoms with Crippen LogP contribution < -0.4 is 0 Å². The van der Waals surface area contributed by atoms with Gasteiger partial charge in [-0.05, 0) is 42.4 Å². The van der Waals surface area contributed by atoms with E-state index in [-0.39, 0.29) is 0 Å². The maximum Gasteiger partial charge on any atom is -0.0264 e. The molecule has 0 aromatic rings. The van der Waals surface area contributed by atoms with Crippen molar-refractivity contribution >= 4 is 0 Å². The van der Waals surface area contributed by atoms with Gasteiger partial charge < -0.3 is 0 Å². The molecule has 3 saturated carbocycles. The number of unbranched alkanes of at least 4 members (excludes halogenated alkanes) is 1. The molecule has 0 aromatic carbocycles. The van der Waals surface area contributed by atoms with Crippen LogP contribution in [0, 0.1) is 23.2 Å². The molecule has 3 aliphatic carbocycles. The van der Waals surface area contributed by atoms with Crippen molar-refractivity contribution in [3.63, 3.8) is 0 Å². The Bertz CT molecular complexity index is 295. The molecule has 3 aliphatic rings. The molecule has 0 heterocycles. The van der Waals surface area contributed by atoms with E-state index in [9.17, 15) is 0 Å². The van der Waals surface area contributed by atoms with Crippen LogP contribution in [0.15, 0.2) is 0 Å². The molecule has 0 amide bonds. The third-order valence-corrected chi connectivity index (χ3v) is 7.90. The maximum atomic E-state index is 2.41. The van der Waals surface area contributed by atoms with Crippen LogP contribution in [0.4, 0.5) is 0 Å². The Labute approximate surface area is 146 Å². The average molecular weight is 319 g/mol. The van der Waals surface area contributed by atoms with Gasteiger partial charge in [0.1, 0.15) is 0 Å². The highest BCUT2D eigenvalue weighted by atomic mass is 14.5. The predicted molar refractivity (Wildman–Crippen MR) is 102 cm³/mol. The van der Waals surface area contributed by atoms with E-state index in [0.717, 1.165) is 23.2 Å². The lowest BCUT2D eigenvalue weighted by atomic mass is 9.53. The highest BCUT2D eigenvalue weighted by Crippen LogP contribution is 2.56. The first kappa shape index (κ1) is 17.8. The largest absolute Gasteiger partial charge is 0.0654 e. The Balaban J connectivity index is 1.82. The highest BCUT2D eigenvalue weighted by Gasteiger charge is 2.46. The Hall–Kier alpha value is 0. The topological polar surface area (TPSA) is 0 Å². The van der Waals surface area contributed by atoms with Crippen molar-refractivity contribution in [2.75, 3.05) is 0 Å². The molecule has 0 aromatic heterocycles. The summed E-state index contributed by atoms with van der Waals surface area (Å²) in [5.41, 5.74) is 0.762. The molecule has 0 bridgehead atoms. The highest BCUT2D eigenvalue weighted by molar-refractivity contribution is 4.96. The van der Waals surface area contributed by atoms with Crippen LogP contribution in [0.1, 0.15) is 122 Å². The van der Waals surface area contributed by atoms with Gasteiger partial charge in [-0.3, -0.25) is 0 Å². The lowest BCUT2D eigenvalue weighted by molar-refractivity contribution is -0.0228. The van der Waals surface area contributed by atoms with Crippen LogP contribution in [-0.4, -0.2) is 0 Å². The standard InChI is InChI=1S/C23H42/c1-2-3-17-23(18-11-6-12-19-23)22(20-13-7-4-8-14-20)21-15-9-5-10-16-21/h20-22H,2-19H2,1H3. The van der Waals surface area contributed by atoms with Crippen LogP contribution in [0.25, 0.3) is 0 Å². The molecule has 0 unspecified atom stereocenters. The van der Waals surface area contributed by atoms with E-state index in [0.29, 0.717) is 0 Å². The van der Waals surface area contributed by atoms with Crippen molar-refractivity contribution in [2.45, 2.75) is 122 Å². The molecule has 0 radical (unpaired) electrons. The summed E-state index contributed by atoms with van der Waals surface area (Å²) in [5, 5.41) is 0. The second kappa shape index (κ2) is 8.91. The van der Waals surface area contributed by atoms with Crippen molar-refractivity contribution < 1.29 is 0 Å². The Morgan fingerprint density at radius 2 is 1.17 bits per heavy atom. The smallest absolute Gasteiger partial charge is 0.0264 e. The van der Waals surface area contributed by atoms with E-state index in [1.165, 1.54) is 57.8 Å². The lowest BCUT2D eigenvalue weighted by Crippen LogP contribution is -2.43. The van der Waals surface area contributed by atoms with Crippen LogP contribution in [0.2, 0.25) is 0 Å². The fraction of sp³-hybridized carbons (Fsp3) is 1.00. The fourth-order valence-corrected chi connectivity index (χ4v) is 6.91. The van der Waals surface area contributed by atoms with Crippen molar-refractivity contribution in [2.24, 2.45) is 23.2 Å². The quantitative estimate of drug-likeness (QED) is 0.467. The van der Waals surface area contributed by atoms with E-state index < -0.39 is 0 Å². The monoisotopic (exact) mass is 318 g/mol. The first-order valence-corrected chi connectivity index (χ1v) is 11.4. The van der Waals surface area contributed by atoms with Gasteiger partial charge >= 0.3 is 0 Å². The van der Waals surface area contributed by atoms with Gasteiger partial charge in [0.15, 0.2) is 0 Å². The Morgan fingerprint density at radius 1 is 0.696 bits per heavy atom. The molecule has 0 N–H and O–H groups in total. The second-order valence-corrected chi connectivity index (χ2v) is 9.35. The molecule has 134 valence electrons. The zero-order chi connectivity index (χ0) is 16.0. The molecule has 0 saturated heterocycles. The molecule has 23 heavy (non-hydrogen) atoms. The molecule has 0 aliphatic heterocycles. The normalized spacial score (nSPS) is 27.4. The minimum atomic E-state index is 0.762. The van der Waals surface area contributed by atoms with E-state index in [2.05, 4.69) is 6.92 Å². The van der Waals surface area contributed by atoms with E-state index in [1.807, 2.05) is 0 Å². The summed E-state index contributed by atoms with van der Waals surface area (Å²) >= 11 is 0. The fourth-order valence-electron chi connectivity index (χ4n) is 6.91. The zero-order valence-electron chi connectivity index (χ0n) is 16.0. The predicted octanol–water partition coefficient (Wildman–Crippen LogP) is 7.90. The Morgan fingerprint density at radius 3 is 1.65 bits per heavy atom. The maximum absolute atomic E-state index is 2.41. The van der Waals surface area contributed by atoms with Crippen LogP contribution in [0.5, 0.6) is 0 Å². The third-order valence-electron chi connectivity index (χ3n) is 7.90. The average Bonchev–Trinajstić information content (AvgIpc) is 2.63. The second-order valence-electron chi connectivity index (χ2n) is 9.35. The number of hydrogen-bond donors (Lipinski definition) is 0. The summed E-state index contributed by atoms with van der Waals surface area (Å²) in [4.78, 5) is 0. The van der Waals surface area contributed by atoms with E-state index >= 15 is 0 Å². The van der Waals surface area contributed by atoms with Gasteiger partial charge in [0.2, 0.25) is 0 Å². The van der Waals surface area contributed by atoms with Crippen molar-refractivity contribution in [1.29, 1.82) is 0 Å². The van der Waals surface area contributed by atoms with Crippen molar-refractivity contribution in [3.05, 3.63) is 0 Å². The van der Waals surface area contributed by atoms with Gasteiger partial charge in [-0.2, -0.15) is 0 Å². The molecule has 0 nitrogen and oxygen atoms in total. The van der Waals surface area contributed by atoms with Crippen LogP contribution >= 0.6 is 0 Å². The summed E-state index contributed by atoms with van der Waals surface area (Å²) in [6.07, 6.45) is 27.8. The lowest BCUT2D eigenvalue weighted by Gasteiger charge is -2.52. The van der Waals surface area contributed by atoms with Crippen molar-refractivity contribution in [3.8, 4) is 0 Å². The summed E-state index contributed by atoms with van der Waals surface area (Å²) in [6.45, 7) is 2.41. The molecule has 0 spiro atoms. The SMILES string of the molecule is CCCCC1(C(C2CCCCC2)C2CCCCC2)CCCCC1. The Kier molecular flexibility index (Phi) is 6.90. The molecule has 0 heteroatoms. The van der Waals surface area contributed by atoms with Gasteiger partial charge in [0, 0.05) is 0 Å². The summed E-state index contributed by atoms with van der Waals surface area (Å²) in [6, 6.07) is 0. The first-order chi connectivity index (χ1) is 11.4. The van der Waals surface area contributed by atoms with Crippen LogP contribution in [0.3, 0.4) is 0 Å². The molecular formula is C23H42. The third kappa shape index (κ3) is 4.35. The van der Waals surface area contributed by atoms with Crippen LogP contribution in [-0.2, 0) is 0 Å². The summed E-state index contributed by atoms with van der Waals surface area (Å²) in [5.74, 6) is 3.30. The van der Waals surface area contributed by atoms with Gasteiger partial charge in [-0.25, -0.2) is 0 Å². The minimum Gasteiger partial charge on any atom is -0.0654 e. The van der Waals surface area contributed by atoms with E-state index in [1.54, 1.807) is 57.8 Å². The number of rotatable bonds is 6. The van der Waals surface area contributed by atoms with E-state index in [4.69, 9.17) is 0 Å². The molecule has 0 atom stereocenters. The van der Waals surface area contributed by atoms with Gasteiger partial charge in [0.05, 0.1) is 0 Å². The molecule has 3 fully saturated rings. The van der Waals surface area contributed by atoms with Crippen molar-refractivity contribution in [1.82, 2.24) is 0 Å². The summed E-state index contributed by atoms with van der Waals surface area (Å²) in [7, 11) is 0. The number of hydrogen-bond acceptors (Lipinski definition) is 0. The van der Waals surface area contributed by atoms with Gasteiger partial charge in [-0.1, -0.05) is 103 Å².